The van der Waals surface area contributed by atoms with E-state index in [1.807, 2.05) is 4.72 Å². The highest BCUT2D eigenvalue weighted by atomic mass is 79.9. The Bertz CT molecular complexity index is 936. The average molecular weight is 432 g/mol. The van der Waals surface area contributed by atoms with E-state index < -0.39 is 38.9 Å². The maximum absolute atomic E-state index is 13.0. The van der Waals surface area contributed by atoms with Crippen LogP contribution in [0.1, 0.15) is 0 Å². The summed E-state index contributed by atoms with van der Waals surface area (Å²) in [5.41, 5.74) is -0.249. The van der Waals surface area contributed by atoms with Gasteiger partial charge in [0.15, 0.2) is 0 Å². The molecule has 11 heteroatoms. The minimum atomic E-state index is -4.15. The minimum Gasteiger partial charge on any atom is -0.325 e. The highest BCUT2D eigenvalue weighted by molar-refractivity contribution is 9.10. The number of hydrogen-bond donors (Lipinski definition) is 2. The summed E-state index contributed by atoms with van der Waals surface area (Å²) in [7, 11) is -4.15. The topological polar surface area (TPSA) is 118 Å². The van der Waals surface area contributed by atoms with Crippen LogP contribution >= 0.6 is 15.9 Å². The van der Waals surface area contributed by atoms with Gasteiger partial charge in [0.2, 0.25) is 15.9 Å². The Balaban J connectivity index is 2.09. The zero-order chi connectivity index (χ0) is 18.6. The Kier molecular flexibility index (Phi) is 5.82. The van der Waals surface area contributed by atoms with Gasteiger partial charge in [-0.1, -0.05) is 22.0 Å². The van der Waals surface area contributed by atoms with Crippen LogP contribution in [-0.4, -0.2) is 25.8 Å². The van der Waals surface area contributed by atoms with Crippen molar-refractivity contribution in [2.75, 3.05) is 11.9 Å². The predicted molar refractivity (Wildman–Crippen MR) is 91.0 cm³/mol. The number of nitrogens with zero attached hydrogens (tertiary/aromatic N) is 1. The van der Waals surface area contributed by atoms with Gasteiger partial charge in [-0.05, 0) is 24.3 Å². The maximum Gasteiger partial charge on any atom is 0.271 e. The molecule has 0 fully saturated rings. The smallest absolute Gasteiger partial charge is 0.271 e. The fourth-order valence-electron chi connectivity index (χ4n) is 1.82. The van der Waals surface area contributed by atoms with Crippen molar-refractivity contribution in [3.8, 4) is 0 Å². The first-order chi connectivity index (χ1) is 11.7. The van der Waals surface area contributed by atoms with Crippen LogP contribution in [0, 0.1) is 15.9 Å². The summed E-state index contributed by atoms with van der Waals surface area (Å²) >= 11 is 2.99. The summed E-state index contributed by atoms with van der Waals surface area (Å²) in [4.78, 5) is 21.5. The normalized spacial score (nSPS) is 11.1. The summed E-state index contributed by atoms with van der Waals surface area (Å²) in [6.45, 7) is -0.626. The zero-order valence-electron chi connectivity index (χ0n) is 12.4. The molecule has 0 radical (unpaired) electrons. The van der Waals surface area contributed by atoms with Crippen LogP contribution < -0.4 is 10.0 Å². The quantitative estimate of drug-likeness (QED) is 0.537. The lowest BCUT2D eigenvalue weighted by atomic mass is 10.3. The molecule has 8 nitrogen and oxygen atoms in total. The van der Waals surface area contributed by atoms with Crippen molar-refractivity contribution < 1.29 is 22.5 Å². The van der Waals surface area contributed by atoms with Crippen molar-refractivity contribution in [1.82, 2.24) is 4.72 Å². The third-order valence-corrected chi connectivity index (χ3v) is 4.75. The van der Waals surface area contributed by atoms with Crippen molar-refractivity contribution in [3.05, 3.63) is 62.9 Å². The summed E-state index contributed by atoms with van der Waals surface area (Å²) in [6.07, 6.45) is 0. The molecule has 0 spiro atoms. The van der Waals surface area contributed by atoms with Gasteiger partial charge in [-0.25, -0.2) is 17.5 Å². The van der Waals surface area contributed by atoms with E-state index in [9.17, 15) is 27.7 Å². The van der Waals surface area contributed by atoms with Gasteiger partial charge < -0.3 is 5.32 Å². The van der Waals surface area contributed by atoms with Crippen LogP contribution in [0.2, 0.25) is 0 Å². The van der Waals surface area contributed by atoms with Gasteiger partial charge in [-0.2, -0.15) is 0 Å². The van der Waals surface area contributed by atoms with Crippen LogP contribution in [0.5, 0.6) is 0 Å². The molecule has 0 saturated heterocycles. The number of hydrogen-bond acceptors (Lipinski definition) is 5. The van der Waals surface area contributed by atoms with Gasteiger partial charge in [0.1, 0.15) is 5.82 Å². The first kappa shape index (κ1) is 19.0. The Hall–Kier alpha value is -2.37. The largest absolute Gasteiger partial charge is 0.325 e. The maximum atomic E-state index is 13.0. The Morgan fingerprint density at radius 3 is 2.60 bits per heavy atom. The van der Waals surface area contributed by atoms with Crippen molar-refractivity contribution in [3.63, 3.8) is 0 Å². The summed E-state index contributed by atoms with van der Waals surface area (Å²) in [6, 6.07) is 8.28. The molecule has 2 rings (SSSR count). The number of benzene rings is 2. The fraction of sp³-hybridized carbons (Fsp3) is 0.0714. The second-order valence-electron chi connectivity index (χ2n) is 4.79. The van der Waals surface area contributed by atoms with E-state index in [0.717, 1.165) is 18.2 Å². The van der Waals surface area contributed by atoms with Gasteiger partial charge in [0.05, 0.1) is 16.4 Å². The molecule has 2 N–H and O–H groups in total. The van der Waals surface area contributed by atoms with E-state index in [1.54, 1.807) is 0 Å². The summed E-state index contributed by atoms with van der Waals surface area (Å²) in [5.74, 6) is -1.28. The van der Waals surface area contributed by atoms with E-state index in [2.05, 4.69) is 21.2 Å². The minimum absolute atomic E-state index is 0.169. The van der Waals surface area contributed by atoms with Gasteiger partial charge in [0.25, 0.3) is 5.69 Å². The number of halogens is 2. The second-order valence-corrected chi connectivity index (χ2v) is 7.47. The molecule has 2 aromatic carbocycles. The van der Waals surface area contributed by atoms with Crippen LogP contribution in [0.4, 0.5) is 15.8 Å². The molecule has 0 aliphatic heterocycles. The van der Waals surface area contributed by atoms with E-state index in [1.165, 1.54) is 24.3 Å². The molecule has 0 saturated carbocycles. The number of rotatable bonds is 6. The van der Waals surface area contributed by atoms with Crippen molar-refractivity contribution >= 4 is 43.2 Å². The van der Waals surface area contributed by atoms with E-state index in [0.29, 0.717) is 0 Å². The third-order valence-electron chi connectivity index (χ3n) is 2.91. The number of nitro benzene ring substituents is 1. The predicted octanol–water partition coefficient (Wildman–Crippen LogP) is 2.41. The molecule has 1 amide bonds. The molecule has 0 aliphatic carbocycles. The van der Waals surface area contributed by atoms with Crippen LogP contribution in [0.25, 0.3) is 0 Å². The monoisotopic (exact) mass is 431 g/mol. The van der Waals surface area contributed by atoms with E-state index in [-0.39, 0.29) is 15.1 Å². The number of amides is 1. The zero-order valence-corrected chi connectivity index (χ0v) is 14.8. The number of carbonyl (C=O) groups excluding carboxylic acids is 1. The summed E-state index contributed by atoms with van der Waals surface area (Å²) in [5, 5.41) is 13.1. The van der Waals surface area contributed by atoms with E-state index in [4.69, 9.17) is 0 Å². The average Bonchev–Trinajstić information content (AvgIpc) is 2.52. The standard InChI is InChI=1S/C14H11BrFN3O5S/c15-9-4-12(19(21)22)7-13(5-9)25(23,24)17-8-14(20)18-11-3-1-2-10(16)6-11/h1-7,17H,8H2,(H,18,20). The van der Waals surface area contributed by atoms with Crippen LogP contribution in [0.3, 0.4) is 0 Å². The molecule has 0 aromatic heterocycles. The van der Waals surface area contributed by atoms with Crippen molar-refractivity contribution in [1.29, 1.82) is 0 Å². The molecule has 0 atom stereocenters. The number of anilines is 1. The van der Waals surface area contributed by atoms with Crippen LogP contribution in [0.15, 0.2) is 51.8 Å². The molecule has 2 aromatic rings. The lowest BCUT2D eigenvalue weighted by Crippen LogP contribution is -2.33. The van der Waals surface area contributed by atoms with E-state index >= 15 is 0 Å². The summed E-state index contributed by atoms with van der Waals surface area (Å²) < 4.78 is 39.6. The number of non-ortho nitro benzene ring substituents is 1. The fourth-order valence-corrected chi connectivity index (χ4v) is 3.50. The number of nitro groups is 1. The number of nitrogens with one attached hydrogen (secondary N) is 2. The molecule has 132 valence electrons. The molecule has 25 heavy (non-hydrogen) atoms. The third kappa shape index (κ3) is 5.31. The Morgan fingerprint density at radius 2 is 1.96 bits per heavy atom. The molecular formula is C14H11BrFN3O5S. The highest BCUT2D eigenvalue weighted by Crippen LogP contribution is 2.24. The molecule has 0 unspecified atom stereocenters. The highest BCUT2D eigenvalue weighted by Gasteiger charge is 2.20. The number of sulfonamides is 1. The van der Waals surface area contributed by atoms with Gasteiger partial charge in [-0.3, -0.25) is 14.9 Å². The van der Waals surface area contributed by atoms with Gasteiger partial charge in [0, 0.05) is 22.3 Å². The first-order valence-electron chi connectivity index (χ1n) is 6.67. The molecular weight excluding hydrogens is 421 g/mol. The van der Waals surface area contributed by atoms with Gasteiger partial charge in [-0.15, -0.1) is 0 Å². The first-order valence-corrected chi connectivity index (χ1v) is 8.95. The van der Waals surface area contributed by atoms with Crippen molar-refractivity contribution in [2.24, 2.45) is 0 Å². The van der Waals surface area contributed by atoms with Gasteiger partial charge >= 0.3 is 0 Å². The Morgan fingerprint density at radius 1 is 1.24 bits per heavy atom. The number of carbonyl (C=O) groups is 1. The van der Waals surface area contributed by atoms with Crippen LogP contribution in [-0.2, 0) is 14.8 Å². The van der Waals surface area contributed by atoms with Crippen molar-refractivity contribution in [2.45, 2.75) is 4.90 Å². The molecule has 0 bridgehead atoms. The lowest BCUT2D eigenvalue weighted by molar-refractivity contribution is -0.385. The lowest BCUT2D eigenvalue weighted by Gasteiger charge is -2.08. The second kappa shape index (κ2) is 7.68. The molecule has 0 heterocycles. The Labute approximate surface area is 150 Å². The molecule has 0 aliphatic rings. The SMILES string of the molecule is O=C(CNS(=O)(=O)c1cc(Br)cc([N+](=O)[O-])c1)Nc1cccc(F)c1.